The van der Waals surface area contributed by atoms with Crippen molar-refractivity contribution in [3.63, 3.8) is 0 Å². The summed E-state index contributed by atoms with van der Waals surface area (Å²) >= 11 is 0. The minimum absolute atomic E-state index is 0.0609. The van der Waals surface area contributed by atoms with E-state index in [1.165, 1.54) is 0 Å². The molecule has 1 fully saturated rings. The highest BCUT2D eigenvalue weighted by atomic mass is 19.4. The lowest BCUT2D eigenvalue weighted by atomic mass is 9.79. The van der Waals surface area contributed by atoms with E-state index in [-0.39, 0.29) is 25.2 Å². The summed E-state index contributed by atoms with van der Waals surface area (Å²) < 4.78 is 101. The summed E-state index contributed by atoms with van der Waals surface area (Å²) in [7, 11) is 0. The van der Waals surface area contributed by atoms with Gasteiger partial charge in [-0.25, -0.2) is 8.78 Å². The molecule has 0 saturated heterocycles. The van der Waals surface area contributed by atoms with Crippen molar-refractivity contribution in [2.75, 3.05) is 0 Å². The molecule has 0 aromatic heterocycles. The number of halogens is 7. The van der Waals surface area contributed by atoms with Crippen LogP contribution in [0.5, 0.6) is 11.5 Å². The molecule has 1 saturated carbocycles. The normalized spacial score (nSPS) is 21.1. The quantitative estimate of drug-likeness (QED) is 0.353. The highest BCUT2D eigenvalue weighted by Gasteiger charge is 2.44. The fraction of sp³-hybridized carbons (Fsp3) is 0.579. The molecule has 1 aliphatic rings. The second kappa shape index (κ2) is 9.05. The number of hydrogen-bond acceptors (Lipinski definition) is 2. The van der Waals surface area contributed by atoms with Crippen molar-refractivity contribution in [2.24, 2.45) is 11.8 Å². The molecule has 0 N–H and O–H groups in total. The number of alkyl halides is 5. The SMILES string of the molecule is CCCC1CCC(C(F)(F)Oc2cc(F)c(O/C=C/C(F)(F)F)c(F)c2)CC1. The molecule has 2 rings (SSSR count). The Morgan fingerprint density at radius 2 is 1.57 bits per heavy atom. The van der Waals surface area contributed by atoms with E-state index < -0.39 is 41.3 Å². The lowest BCUT2D eigenvalue weighted by molar-refractivity contribution is -0.223. The molecule has 0 aliphatic heterocycles. The summed E-state index contributed by atoms with van der Waals surface area (Å²) in [6, 6.07) is 0.910. The molecule has 2 nitrogen and oxygen atoms in total. The van der Waals surface area contributed by atoms with Crippen LogP contribution < -0.4 is 9.47 Å². The van der Waals surface area contributed by atoms with E-state index in [2.05, 4.69) is 9.47 Å². The van der Waals surface area contributed by atoms with Gasteiger partial charge in [0.05, 0.1) is 18.3 Å². The summed E-state index contributed by atoms with van der Waals surface area (Å²) in [5.41, 5.74) is 0. The Hall–Kier alpha value is -1.93. The highest BCUT2D eigenvalue weighted by Crippen LogP contribution is 2.41. The van der Waals surface area contributed by atoms with E-state index in [0.29, 0.717) is 30.9 Å². The molecule has 1 aromatic rings. The Labute approximate surface area is 158 Å². The molecule has 0 atom stereocenters. The smallest absolute Gasteiger partial charge is 0.412 e. The third kappa shape index (κ3) is 6.31. The Morgan fingerprint density at radius 1 is 1.00 bits per heavy atom. The average Bonchev–Trinajstić information content (AvgIpc) is 2.57. The molecule has 0 radical (unpaired) electrons. The zero-order valence-corrected chi connectivity index (χ0v) is 15.2. The van der Waals surface area contributed by atoms with Gasteiger partial charge in [-0.05, 0) is 31.6 Å². The van der Waals surface area contributed by atoms with Crippen molar-refractivity contribution < 1.29 is 40.2 Å². The number of hydrogen-bond donors (Lipinski definition) is 0. The monoisotopic (exact) mass is 414 g/mol. The van der Waals surface area contributed by atoms with Gasteiger partial charge < -0.3 is 9.47 Å². The van der Waals surface area contributed by atoms with Crippen molar-refractivity contribution in [1.29, 1.82) is 0 Å². The predicted molar refractivity (Wildman–Crippen MR) is 88.1 cm³/mol. The molecule has 0 bridgehead atoms. The van der Waals surface area contributed by atoms with Crippen LogP contribution in [0.25, 0.3) is 0 Å². The van der Waals surface area contributed by atoms with Gasteiger partial charge in [0, 0.05) is 12.1 Å². The summed E-state index contributed by atoms with van der Waals surface area (Å²) in [6.07, 6.45) is -4.93. The lowest BCUT2D eigenvalue weighted by Gasteiger charge is -2.33. The maximum atomic E-state index is 14.4. The van der Waals surface area contributed by atoms with E-state index >= 15 is 0 Å². The maximum absolute atomic E-state index is 14.4. The van der Waals surface area contributed by atoms with Crippen LogP contribution in [0.4, 0.5) is 30.7 Å². The van der Waals surface area contributed by atoms with Gasteiger partial charge in [-0.2, -0.15) is 22.0 Å². The fourth-order valence-electron chi connectivity index (χ4n) is 3.32. The third-order valence-electron chi connectivity index (χ3n) is 4.69. The molecule has 0 amide bonds. The largest absolute Gasteiger partial charge is 0.459 e. The van der Waals surface area contributed by atoms with Crippen LogP contribution in [-0.4, -0.2) is 12.3 Å². The predicted octanol–water partition coefficient (Wildman–Crippen LogP) is 7.00. The Morgan fingerprint density at radius 3 is 2.07 bits per heavy atom. The van der Waals surface area contributed by atoms with Crippen LogP contribution in [-0.2, 0) is 0 Å². The Balaban J connectivity index is 2.04. The van der Waals surface area contributed by atoms with Crippen LogP contribution in [0.1, 0.15) is 45.4 Å². The molecular formula is C19H21F7O2. The first-order valence-corrected chi connectivity index (χ1v) is 8.98. The van der Waals surface area contributed by atoms with Crippen molar-refractivity contribution in [3.8, 4) is 11.5 Å². The summed E-state index contributed by atoms with van der Waals surface area (Å²) in [6.45, 7) is 2.03. The molecule has 28 heavy (non-hydrogen) atoms. The van der Waals surface area contributed by atoms with Gasteiger partial charge in [0.25, 0.3) is 0 Å². The van der Waals surface area contributed by atoms with Gasteiger partial charge in [0.1, 0.15) is 5.75 Å². The van der Waals surface area contributed by atoms with Crippen LogP contribution in [0.15, 0.2) is 24.5 Å². The molecule has 0 unspecified atom stereocenters. The minimum Gasteiger partial charge on any atom is -0.459 e. The molecule has 9 heteroatoms. The van der Waals surface area contributed by atoms with E-state index in [0.717, 1.165) is 12.8 Å². The number of ether oxygens (including phenoxy) is 2. The lowest BCUT2D eigenvalue weighted by Crippen LogP contribution is -2.37. The average molecular weight is 414 g/mol. The van der Waals surface area contributed by atoms with Crippen LogP contribution >= 0.6 is 0 Å². The van der Waals surface area contributed by atoms with Crippen LogP contribution in [0.3, 0.4) is 0 Å². The van der Waals surface area contributed by atoms with Gasteiger partial charge in [-0.1, -0.05) is 19.8 Å². The molecule has 1 aromatic carbocycles. The summed E-state index contributed by atoms with van der Waals surface area (Å²) in [5, 5.41) is 0. The van der Waals surface area contributed by atoms with Gasteiger partial charge in [-0.15, -0.1) is 0 Å². The topological polar surface area (TPSA) is 18.5 Å². The Bertz CT molecular complexity index is 654. The first-order valence-electron chi connectivity index (χ1n) is 8.98. The van der Waals surface area contributed by atoms with E-state index in [4.69, 9.17) is 0 Å². The van der Waals surface area contributed by atoms with Gasteiger partial charge >= 0.3 is 12.3 Å². The molecule has 0 heterocycles. The summed E-state index contributed by atoms with van der Waals surface area (Å²) in [5.74, 6) is -5.49. The fourth-order valence-corrected chi connectivity index (χ4v) is 3.32. The van der Waals surface area contributed by atoms with Crippen molar-refractivity contribution in [3.05, 3.63) is 36.1 Å². The minimum atomic E-state index is -4.73. The van der Waals surface area contributed by atoms with Gasteiger partial charge in [-0.3, -0.25) is 0 Å². The third-order valence-corrected chi connectivity index (χ3v) is 4.69. The molecular weight excluding hydrogens is 393 g/mol. The van der Waals surface area contributed by atoms with Crippen LogP contribution in [0.2, 0.25) is 0 Å². The molecule has 158 valence electrons. The van der Waals surface area contributed by atoms with Crippen molar-refractivity contribution in [2.45, 2.75) is 57.7 Å². The zero-order chi connectivity index (χ0) is 20.9. The standard InChI is InChI=1S/C19H21F7O2/c1-2-3-12-4-6-13(7-5-12)19(25,26)28-14-10-15(20)17(16(21)11-14)27-9-8-18(22,23)24/h8-13H,2-7H2,1H3/b9-8+. The Kier molecular flexibility index (Phi) is 7.22. The van der Waals surface area contributed by atoms with Gasteiger partial charge in [0.2, 0.25) is 0 Å². The first kappa shape index (κ1) is 22.4. The maximum Gasteiger partial charge on any atom is 0.412 e. The van der Waals surface area contributed by atoms with E-state index in [1.807, 2.05) is 6.92 Å². The summed E-state index contributed by atoms with van der Waals surface area (Å²) in [4.78, 5) is 0. The van der Waals surface area contributed by atoms with Crippen molar-refractivity contribution >= 4 is 0 Å². The van der Waals surface area contributed by atoms with E-state index in [9.17, 15) is 30.7 Å². The van der Waals surface area contributed by atoms with E-state index in [1.54, 1.807) is 0 Å². The molecule has 0 spiro atoms. The zero-order valence-electron chi connectivity index (χ0n) is 15.2. The first-order chi connectivity index (χ1) is 13.0. The number of rotatable bonds is 7. The second-order valence-corrected chi connectivity index (χ2v) is 6.85. The second-order valence-electron chi connectivity index (χ2n) is 6.85. The van der Waals surface area contributed by atoms with Crippen molar-refractivity contribution in [1.82, 2.24) is 0 Å². The number of allylic oxidation sites excluding steroid dienone is 1. The van der Waals surface area contributed by atoms with Crippen LogP contribution in [0, 0.1) is 23.5 Å². The van der Waals surface area contributed by atoms with Gasteiger partial charge in [0.15, 0.2) is 17.4 Å². The number of benzene rings is 1. The highest BCUT2D eigenvalue weighted by molar-refractivity contribution is 5.35. The molecule has 1 aliphatic carbocycles.